The number of hydrogen-bond donors (Lipinski definition) is 2. The molecule has 0 aliphatic carbocycles. The van der Waals surface area contributed by atoms with Crippen molar-refractivity contribution in [2.75, 3.05) is 0 Å². The zero-order valence-corrected chi connectivity index (χ0v) is 14.8. The summed E-state index contributed by atoms with van der Waals surface area (Å²) in [5, 5.41) is 11.6. The summed E-state index contributed by atoms with van der Waals surface area (Å²) in [5.41, 5.74) is 0.887. The van der Waals surface area contributed by atoms with Crippen molar-refractivity contribution < 1.29 is 29.0 Å². The number of nitrogens with zero attached hydrogens (tertiary/aromatic N) is 1. The molecule has 8 nitrogen and oxygen atoms in total. The van der Waals surface area contributed by atoms with E-state index in [1.54, 1.807) is 19.1 Å². The fourth-order valence-electron chi connectivity index (χ4n) is 4.34. The lowest BCUT2D eigenvalue weighted by molar-refractivity contribution is -0.149. The predicted octanol–water partition coefficient (Wildman–Crippen LogP) is 0.552. The maximum absolute atomic E-state index is 12.7. The fraction of sp³-hybridized carbons (Fsp3) is 0.474. The van der Waals surface area contributed by atoms with Crippen molar-refractivity contribution in [2.45, 2.75) is 44.6 Å². The minimum atomic E-state index is -1.02. The van der Waals surface area contributed by atoms with Crippen molar-refractivity contribution in [2.24, 2.45) is 11.8 Å². The van der Waals surface area contributed by atoms with Gasteiger partial charge in [0.15, 0.2) is 0 Å². The summed E-state index contributed by atoms with van der Waals surface area (Å²) < 4.78 is 5.69. The van der Waals surface area contributed by atoms with Gasteiger partial charge in [-0.25, -0.2) is 4.79 Å². The molecule has 5 atom stereocenters. The number of carbonyl (C=O) groups is 4. The third-order valence-corrected chi connectivity index (χ3v) is 5.75. The van der Waals surface area contributed by atoms with E-state index in [9.17, 15) is 19.2 Å². The summed E-state index contributed by atoms with van der Waals surface area (Å²) >= 11 is 0. The zero-order chi connectivity index (χ0) is 19.3. The quantitative estimate of drug-likeness (QED) is 0.730. The van der Waals surface area contributed by atoms with Crippen molar-refractivity contribution in [1.82, 2.24) is 10.2 Å². The van der Waals surface area contributed by atoms with Crippen LogP contribution in [0.25, 0.3) is 0 Å². The number of benzene rings is 1. The molecule has 142 valence electrons. The summed E-state index contributed by atoms with van der Waals surface area (Å²) in [5.74, 6) is -2.97. The number of fused-ring (bicyclic) bond motifs is 5. The molecule has 4 rings (SSSR count). The minimum absolute atomic E-state index is 0.162. The van der Waals surface area contributed by atoms with Gasteiger partial charge in [-0.15, -0.1) is 0 Å². The van der Waals surface area contributed by atoms with Gasteiger partial charge in [-0.2, -0.15) is 0 Å². The van der Waals surface area contributed by atoms with Gasteiger partial charge in [0.2, 0.25) is 17.7 Å². The molecule has 0 saturated carbocycles. The van der Waals surface area contributed by atoms with Gasteiger partial charge in [0.1, 0.15) is 6.04 Å². The molecule has 3 saturated heterocycles. The molecule has 3 aliphatic heterocycles. The molecule has 0 aromatic heterocycles. The van der Waals surface area contributed by atoms with Crippen LogP contribution in [-0.4, -0.2) is 51.9 Å². The Bertz CT molecular complexity index is 792. The number of amides is 3. The second-order valence-corrected chi connectivity index (χ2v) is 7.28. The SMILES string of the molecule is CC(C(=O)NCc1ccc(C(=O)O)cc1)N1C(=O)C2C3CCC(O3)C2C1=O. The average Bonchev–Trinajstić information content (AvgIpc) is 3.33. The zero-order valence-electron chi connectivity index (χ0n) is 14.8. The molecule has 3 aliphatic rings. The summed E-state index contributed by atoms with van der Waals surface area (Å²) in [6.45, 7) is 1.73. The van der Waals surface area contributed by atoms with Crippen LogP contribution in [-0.2, 0) is 25.7 Å². The van der Waals surface area contributed by atoms with Crippen LogP contribution in [0.5, 0.6) is 0 Å². The molecular formula is C19H20N2O6. The highest BCUT2D eigenvalue weighted by molar-refractivity contribution is 6.09. The number of carbonyl (C=O) groups excluding carboxylic acids is 3. The highest BCUT2D eigenvalue weighted by Crippen LogP contribution is 2.48. The van der Waals surface area contributed by atoms with Gasteiger partial charge >= 0.3 is 5.97 Å². The van der Waals surface area contributed by atoms with E-state index < -0.39 is 29.8 Å². The van der Waals surface area contributed by atoms with Crippen LogP contribution in [0.15, 0.2) is 24.3 Å². The number of carboxylic acids is 1. The largest absolute Gasteiger partial charge is 0.478 e. The Balaban J connectivity index is 1.40. The number of aromatic carboxylic acids is 1. The number of carboxylic acid groups (broad SMARTS) is 1. The molecule has 5 unspecified atom stereocenters. The lowest BCUT2D eigenvalue weighted by Crippen LogP contribution is -2.49. The Morgan fingerprint density at radius 2 is 1.70 bits per heavy atom. The van der Waals surface area contributed by atoms with Crippen LogP contribution in [0, 0.1) is 11.8 Å². The Kier molecular flexibility index (Phi) is 4.22. The molecule has 8 heteroatoms. The average molecular weight is 372 g/mol. The summed E-state index contributed by atoms with van der Waals surface area (Å²) in [6, 6.07) is 5.24. The number of likely N-dealkylation sites (tertiary alicyclic amines) is 1. The first-order valence-corrected chi connectivity index (χ1v) is 9.01. The molecule has 1 aromatic carbocycles. The van der Waals surface area contributed by atoms with E-state index in [4.69, 9.17) is 9.84 Å². The fourth-order valence-corrected chi connectivity index (χ4v) is 4.34. The Labute approximate surface area is 155 Å². The van der Waals surface area contributed by atoms with E-state index in [0.717, 1.165) is 23.3 Å². The van der Waals surface area contributed by atoms with Gasteiger partial charge < -0.3 is 15.2 Å². The lowest BCUT2D eigenvalue weighted by atomic mass is 9.81. The molecule has 3 fully saturated rings. The third kappa shape index (κ3) is 2.80. The summed E-state index contributed by atoms with van der Waals surface area (Å²) in [7, 11) is 0. The van der Waals surface area contributed by atoms with Gasteiger partial charge in [-0.05, 0) is 37.5 Å². The van der Waals surface area contributed by atoms with Crippen LogP contribution in [0.2, 0.25) is 0 Å². The monoisotopic (exact) mass is 372 g/mol. The van der Waals surface area contributed by atoms with Crippen LogP contribution in [0.1, 0.15) is 35.7 Å². The van der Waals surface area contributed by atoms with Gasteiger partial charge in [0.25, 0.3) is 0 Å². The van der Waals surface area contributed by atoms with Crippen molar-refractivity contribution in [3.05, 3.63) is 35.4 Å². The topological polar surface area (TPSA) is 113 Å². The third-order valence-electron chi connectivity index (χ3n) is 5.75. The Morgan fingerprint density at radius 3 is 2.22 bits per heavy atom. The second-order valence-electron chi connectivity index (χ2n) is 7.28. The van der Waals surface area contributed by atoms with E-state index >= 15 is 0 Å². The molecule has 3 heterocycles. The number of nitrogens with one attached hydrogen (secondary N) is 1. The van der Waals surface area contributed by atoms with Crippen LogP contribution in [0.4, 0.5) is 0 Å². The maximum atomic E-state index is 12.7. The molecule has 2 bridgehead atoms. The lowest BCUT2D eigenvalue weighted by Gasteiger charge is -2.23. The molecule has 1 aromatic rings. The van der Waals surface area contributed by atoms with Crippen molar-refractivity contribution in [3.63, 3.8) is 0 Å². The van der Waals surface area contributed by atoms with Crippen LogP contribution < -0.4 is 5.32 Å². The van der Waals surface area contributed by atoms with Crippen molar-refractivity contribution >= 4 is 23.7 Å². The predicted molar refractivity (Wildman–Crippen MR) is 91.4 cm³/mol. The molecular weight excluding hydrogens is 352 g/mol. The second kappa shape index (κ2) is 6.45. The normalized spacial score (nSPS) is 29.7. The minimum Gasteiger partial charge on any atom is -0.478 e. The van der Waals surface area contributed by atoms with Crippen LogP contribution >= 0.6 is 0 Å². The first-order chi connectivity index (χ1) is 12.9. The highest BCUT2D eigenvalue weighted by atomic mass is 16.5. The van der Waals surface area contributed by atoms with Gasteiger partial charge in [-0.1, -0.05) is 12.1 Å². The van der Waals surface area contributed by atoms with Crippen molar-refractivity contribution in [1.29, 1.82) is 0 Å². The van der Waals surface area contributed by atoms with E-state index in [1.807, 2.05) is 0 Å². The standard InChI is InChI=1S/C19H20N2O6/c1-9(16(22)20-8-10-2-4-11(5-3-10)19(25)26)21-17(23)14-12-6-7-13(27-12)15(14)18(21)24/h2-5,9,12-15H,6-8H2,1H3,(H,20,22)(H,25,26). The highest BCUT2D eigenvalue weighted by Gasteiger charge is 2.63. The molecule has 3 amide bonds. The smallest absolute Gasteiger partial charge is 0.335 e. The molecule has 0 spiro atoms. The molecule has 27 heavy (non-hydrogen) atoms. The van der Waals surface area contributed by atoms with Gasteiger partial charge in [0.05, 0.1) is 29.6 Å². The number of ether oxygens (including phenoxy) is 1. The van der Waals surface area contributed by atoms with E-state index in [0.29, 0.717) is 0 Å². The summed E-state index contributed by atoms with van der Waals surface area (Å²) in [6.07, 6.45) is 1.16. The first-order valence-electron chi connectivity index (χ1n) is 9.01. The van der Waals surface area contributed by atoms with E-state index in [2.05, 4.69) is 5.32 Å². The molecule has 2 N–H and O–H groups in total. The number of rotatable bonds is 5. The first kappa shape index (κ1) is 17.7. The van der Waals surface area contributed by atoms with Crippen molar-refractivity contribution in [3.8, 4) is 0 Å². The van der Waals surface area contributed by atoms with E-state index in [1.165, 1.54) is 12.1 Å². The Morgan fingerprint density at radius 1 is 1.15 bits per heavy atom. The summed E-state index contributed by atoms with van der Waals surface area (Å²) in [4.78, 5) is 49.8. The number of hydrogen-bond acceptors (Lipinski definition) is 5. The van der Waals surface area contributed by atoms with E-state index in [-0.39, 0.29) is 36.1 Å². The Hall–Kier alpha value is -2.74. The van der Waals surface area contributed by atoms with Gasteiger partial charge in [0, 0.05) is 6.54 Å². The van der Waals surface area contributed by atoms with Gasteiger partial charge in [-0.3, -0.25) is 19.3 Å². The van der Waals surface area contributed by atoms with Crippen LogP contribution in [0.3, 0.4) is 0 Å². The number of imide groups is 1. The maximum Gasteiger partial charge on any atom is 0.335 e. The molecule has 0 radical (unpaired) electrons.